The Balaban J connectivity index is 2.22. The Hall–Kier alpha value is -0.660. The van der Waals surface area contributed by atoms with Crippen LogP contribution in [0.25, 0.3) is 0 Å². The van der Waals surface area contributed by atoms with Gasteiger partial charge in [0.25, 0.3) is 0 Å². The second kappa shape index (κ2) is 4.55. The monoisotopic (exact) mass is 263 g/mol. The largest absolute Gasteiger partial charge is 0.480 e. The van der Waals surface area contributed by atoms with Gasteiger partial charge in [0.1, 0.15) is 6.04 Å². The van der Waals surface area contributed by atoms with Gasteiger partial charge in [-0.1, -0.05) is 12.8 Å². The summed E-state index contributed by atoms with van der Waals surface area (Å²) in [5.74, 6) is -1.18. The van der Waals surface area contributed by atoms with Crippen LogP contribution >= 0.6 is 0 Å². The summed E-state index contributed by atoms with van der Waals surface area (Å²) in [4.78, 5) is 11.0. The maximum atomic E-state index is 12.2. The number of nitrogens with zero attached hydrogens (tertiary/aromatic N) is 1. The highest BCUT2D eigenvalue weighted by Gasteiger charge is 2.46. The third-order valence-corrected chi connectivity index (χ3v) is 5.94. The predicted octanol–water partition coefficient (Wildman–Crippen LogP) is -0.221. The quantitative estimate of drug-likeness (QED) is 0.734. The SMILES string of the molecule is O=C(O)[C@@H]1C[C@H](O)CN1S(=O)(=O)C1CCCC1. The fourth-order valence-electron chi connectivity index (χ4n) is 2.67. The summed E-state index contributed by atoms with van der Waals surface area (Å²) in [6, 6.07) is -1.10. The second-order valence-corrected chi connectivity index (χ2v) is 6.93. The topological polar surface area (TPSA) is 94.9 Å². The molecule has 0 radical (unpaired) electrons. The van der Waals surface area contributed by atoms with Crippen LogP contribution in [0.2, 0.25) is 0 Å². The molecule has 0 spiro atoms. The Morgan fingerprint density at radius 3 is 2.35 bits per heavy atom. The number of β-amino-alcohol motifs (C(OH)–C–C–N with tert-alkyl or cyclic N) is 1. The minimum Gasteiger partial charge on any atom is -0.480 e. The number of aliphatic hydroxyl groups excluding tert-OH is 1. The minimum absolute atomic E-state index is 0.0126. The zero-order valence-electron chi connectivity index (χ0n) is 9.45. The Kier molecular flexibility index (Phi) is 3.42. The summed E-state index contributed by atoms with van der Waals surface area (Å²) in [5, 5.41) is 18.0. The molecule has 2 rings (SSSR count). The molecule has 1 saturated carbocycles. The lowest BCUT2D eigenvalue weighted by atomic mass is 10.2. The molecule has 0 aromatic carbocycles. The second-order valence-electron chi connectivity index (χ2n) is 4.76. The number of carboxylic acids is 1. The van der Waals surface area contributed by atoms with E-state index in [1.54, 1.807) is 0 Å². The number of aliphatic carboxylic acids is 1. The van der Waals surface area contributed by atoms with Crippen molar-refractivity contribution in [3.63, 3.8) is 0 Å². The molecule has 1 aliphatic carbocycles. The van der Waals surface area contributed by atoms with Gasteiger partial charge in [0.05, 0.1) is 11.4 Å². The van der Waals surface area contributed by atoms with E-state index in [1.165, 1.54) is 0 Å². The number of hydrogen-bond donors (Lipinski definition) is 2. The molecule has 2 atom stereocenters. The molecule has 1 saturated heterocycles. The minimum atomic E-state index is -3.57. The van der Waals surface area contributed by atoms with Crippen molar-refractivity contribution in [3.8, 4) is 0 Å². The number of hydrogen-bond acceptors (Lipinski definition) is 4. The van der Waals surface area contributed by atoms with Crippen molar-refractivity contribution in [2.24, 2.45) is 0 Å². The van der Waals surface area contributed by atoms with Crippen molar-refractivity contribution in [2.45, 2.75) is 49.5 Å². The first kappa shape index (κ1) is 12.8. The van der Waals surface area contributed by atoms with E-state index in [9.17, 15) is 18.3 Å². The molecule has 98 valence electrons. The van der Waals surface area contributed by atoms with Crippen LogP contribution in [0, 0.1) is 0 Å². The van der Waals surface area contributed by atoms with Gasteiger partial charge < -0.3 is 10.2 Å². The van der Waals surface area contributed by atoms with Crippen molar-refractivity contribution >= 4 is 16.0 Å². The highest BCUT2D eigenvalue weighted by atomic mass is 32.2. The van der Waals surface area contributed by atoms with E-state index in [1.807, 2.05) is 0 Å². The summed E-state index contributed by atoms with van der Waals surface area (Å²) in [6.07, 6.45) is 2.06. The van der Waals surface area contributed by atoms with E-state index < -0.39 is 33.4 Å². The first-order valence-electron chi connectivity index (χ1n) is 5.84. The molecule has 2 fully saturated rings. The average Bonchev–Trinajstić information content (AvgIpc) is 2.84. The molecule has 1 heterocycles. The van der Waals surface area contributed by atoms with Gasteiger partial charge in [-0.2, -0.15) is 4.31 Å². The third kappa shape index (κ3) is 2.31. The lowest BCUT2D eigenvalue weighted by Crippen LogP contribution is -2.44. The number of rotatable bonds is 3. The van der Waals surface area contributed by atoms with Gasteiger partial charge in [-0.3, -0.25) is 4.79 Å². The maximum absolute atomic E-state index is 12.2. The lowest BCUT2D eigenvalue weighted by molar-refractivity contribution is -0.140. The average molecular weight is 263 g/mol. The van der Waals surface area contributed by atoms with Crippen molar-refractivity contribution in [2.75, 3.05) is 6.54 Å². The first-order valence-corrected chi connectivity index (χ1v) is 7.35. The van der Waals surface area contributed by atoms with Crippen LogP contribution < -0.4 is 0 Å². The summed E-state index contributed by atoms with van der Waals surface area (Å²) < 4.78 is 25.5. The molecular formula is C10H17NO5S. The molecule has 2 aliphatic rings. The first-order chi connectivity index (χ1) is 7.93. The van der Waals surface area contributed by atoms with Crippen LogP contribution in [0.3, 0.4) is 0 Å². The van der Waals surface area contributed by atoms with E-state index in [4.69, 9.17) is 5.11 Å². The molecule has 6 nitrogen and oxygen atoms in total. The van der Waals surface area contributed by atoms with Crippen LogP contribution in [0.1, 0.15) is 32.1 Å². The number of carbonyl (C=O) groups is 1. The van der Waals surface area contributed by atoms with Crippen LogP contribution in [-0.2, 0) is 14.8 Å². The van der Waals surface area contributed by atoms with Gasteiger partial charge in [0, 0.05) is 13.0 Å². The van der Waals surface area contributed by atoms with E-state index in [-0.39, 0.29) is 13.0 Å². The van der Waals surface area contributed by atoms with Gasteiger partial charge in [0.2, 0.25) is 10.0 Å². The summed E-state index contributed by atoms with van der Waals surface area (Å²) in [5.41, 5.74) is 0. The Morgan fingerprint density at radius 2 is 1.82 bits per heavy atom. The van der Waals surface area contributed by atoms with Crippen molar-refractivity contribution in [1.29, 1.82) is 0 Å². The van der Waals surface area contributed by atoms with E-state index in [2.05, 4.69) is 0 Å². The molecule has 0 aromatic rings. The van der Waals surface area contributed by atoms with Crippen LogP contribution in [0.5, 0.6) is 0 Å². The molecule has 2 N–H and O–H groups in total. The van der Waals surface area contributed by atoms with Crippen molar-refractivity contribution in [1.82, 2.24) is 4.31 Å². The number of aliphatic hydroxyl groups is 1. The van der Waals surface area contributed by atoms with Crippen molar-refractivity contribution in [3.05, 3.63) is 0 Å². The maximum Gasteiger partial charge on any atom is 0.322 e. The molecule has 0 unspecified atom stereocenters. The lowest BCUT2D eigenvalue weighted by Gasteiger charge is -2.24. The van der Waals surface area contributed by atoms with Gasteiger partial charge in [-0.25, -0.2) is 8.42 Å². The molecule has 0 aromatic heterocycles. The van der Waals surface area contributed by atoms with Gasteiger partial charge in [-0.15, -0.1) is 0 Å². The van der Waals surface area contributed by atoms with Gasteiger partial charge >= 0.3 is 5.97 Å². The highest BCUT2D eigenvalue weighted by molar-refractivity contribution is 7.89. The predicted molar refractivity (Wildman–Crippen MR) is 59.9 cm³/mol. The molecule has 17 heavy (non-hydrogen) atoms. The molecule has 0 bridgehead atoms. The normalized spacial score (nSPS) is 32.1. The van der Waals surface area contributed by atoms with Gasteiger partial charge in [0.15, 0.2) is 0 Å². The fraction of sp³-hybridized carbons (Fsp3) is 0.900. The number of carboxylic acid groups (broad SMARTS) is 1. The summed E-state index contributed by atoms with van der Waals surface area (Å²) in [7, 11) is -3.57. The van der Waals surface area contributed by atoms with E-state index in [0.717, 1.165) is 17.1 Å². The summed E-state index contributed by atoms with van der Waals surface area (Å²) in [6.45, 7) is -0.0875. The Morgan fingerprint density at radius 1 is 1.24 bits per heavy atom. The van der Waals surface area contributed by atoms with Gasteiger partial charge in [-0.05, 0) is 12.8 Å². The number of sulfonamides is 1. The molecule has 0 amide bonds. The molecule has 1 aliphatic heterocycles. The van der Waals surface area contributed by atoms with Crippen molar-refractivity contribution < 1.29 is 23.4 Å². The standard InChI is InChI=1S/C10H17NO5S/c12-7-5-9(10(13)14)11(6-7)17(15,16)8-3-1-2-4-8/h7-9,12H,1-6H2,(H,13,14)/t7-,9-/m0/s1. The third-order valence-electron chi connectivity index (χ3n) is 3.57. The van der Waals surface area contributed by atoms with Crippen LogP contribution in [-0.4, -0.2) is 52.8 Å². The Bertz CT molecular complexity index is 401. The van der Waals surface area contributed by atoms with Crippen LogP contribution in [0.4, 0.5) is 0 Å². The summed E-state index contributed by atoms with van der Waals surface area (Å²) >= 11 is 0. The Labute approximate surface area is 100 Å². The van der Waals surface area contributed by atoms with E-state index in [0.29, 0.717) is 12.8 Å². The van der Waals surface area contributed by atoms with E-state index >= 15 is 0 Å². The highest BCUT2D eigenvalue weighted by Crippen LogP contribution is 2.31. The fourth-order valence-corrected chi connectivity index (χ4v) is 4.89. The zero-order valence-corrected chi connectivity index (χ0v) is 10.3. The smallest absolute Gasteiger partial charge is 0.322 e. The van der Waals surface area contributed by atoms with Crippen LogP contribution in [0.15, 0.2) is 0 Å². The molecular weight excluding hydrogens is 246 g/mol. The molecule has 7 heteroatoms. The zero-order chi connectivity index (χ0) is 12.6.